The molecular formula is C31H19Cl2F8OS2Sb. The summed E-state index contributed by atoms with van der Waals surface area (Å²) >= 11 is 3.28. The van der Waals surface area contributed by atoms with Crippen molar-refractivity contribution in [2.45, 2.75) is 24.5 Å². The molecule has 0 bridgehead atoms. The first-order valence-corrected chi connectivity index (χ1v) is 21.1. The maximum absolute atomic E-state index is 13.6. The van der Waals surface area contributed by atoms with Gasteiger partial charge in [-0.3, -0.25) is 4.79 Å². The quantitative estimate of drug-likeness (QED) is 0.0704. The van der Waals surface area contributed by atoms with Crippen LogP contribution < -0.4 is 0 Å². The first kappa shape index (κ1) is 35.2. The summed E-state index contributed by atoms with van der Waals surface area (Å²) in [6.07, 6.45) is 0. The van der Waals surface area contributed by atoms with E-state index in [2.05, 4.69) is 0 Å². The number of halogens is 10. The van der Waals surface area contributed by atoms with Gasteiger partial charge < -0.3 is 0 Å². The second-order valence-electron chi connectivity index (χ2n) is 9.21. The van der Waals surface area contributed by atoms with Crippen molar-refractivity contribution in [3.05, 3.63) is 148 Å². The summed E-state index contributed by atoms with van der Waals surface area (Å²) in [5.74, 6) is -0.772. The van der Waals surface area contributed by atoms with Crippen molar-refractivity contribution in [2.75, 3.05) is 0 Å². The molecule has 0 atom stereocenters. The van der Waals surface area contributed by atoms with Gasteiger partial charge in [-0.2, -0.15) is 0 Å². The molecule has 5 aromatic carbocycles. The third-order valence-corrected chi connectivity index (χ3v) is 9.88. The molecule has 0 saturated carbocycles. The summed E-state index contributed by atoms with van der Waals surface area (Å²) < 4.78 is 86.7. The van der Waals surface area contributed by atoms with Crippen molar-refractivity contribution in [1.29, 1.82) is 0 Å². The van der Waals surface area contributed by atoms with Crippen molar-refractivity contribution in [3.63, 3.8) is 0 Å². The number of ketones is 1. The summed E-state index contributed by atoms with van der Waals surface area (Å²) in [6, 6.07) is 32.9. The first-order chi connectivity index (χ1) is 20.8. The van der Waals surface area contributed by atoms with Gasteiger partial charge in [0, 0.05) is 20.9 Å². The number of hydrogen-bond donors (Lipinski definition) is 0. The van der Waals surface area contributed by atoms with Crippen LogP contribution in [0.25, 0.3) is 0 Å². The molecule has 14 heteroatoms. The zero-order chi connectivity index (χ0) is 33.1. The van der Waals surface area contributed by atoms with E-state index in [1.807, 2.05) is 42.5 Å². The Hall–Kier alpha value is -2.69. The van der Waals surface area contributed by atoms with E-state index in [4.69, 9.17) is 23.2 Å². The van der Waals surface area contributed by atoms with Crippen LogP contribution in [0, 0.1) is 11.6 Å². The van der Waals surface area contributed by atoms with Gasteiger partial charge in [0.1, 0.15) is 11.6 Å². The summed E-state index contributed by atoms with van der Waals surface area (Å²) in [4.78, 5) is 17.2. The Labute approximate surface area is 272 Å². The Kier molecular flexibility index (Phi) is 10.3. The molecule has 0 N–H and O–H groups in total. The molecule has 0 aromatic heterocycles. The molecule has 0 spiro atoms. The molecular weight excluding hydrogens is 797 g/mol. The van der Waals surface area contributed by atoms with Crippen molar-refractivity contribution >= 4 is 71.1 Å². The van der Waals surface area contributed by atoms with Crippen LogP contribution in [-0.4, -0.2) is 25.3 Å². The van der Waals surface area contributed by atoms with Gasteiger partial charge in [0.2, 0.25) is 0 Å². The SMILES string of the molecule is O=C(c1ccccc1)c1cc(Cl)c(Sc2ccc([S+](c3ccc(F)cc3)c3ccc(F)cc3)cc2)c(Cl)c1.[F][Sb-]([F])([F])([F])([F])[F]. The molecule has 5 aromatic rings. The van der Waals surface area contributed by atoms with E-state index in [0.717, 1.165) is 19.6 Å². The Balaban J connectivity index is 0.000000591. The first-order valence-electron chi connectivity index (χ1n) is 12.5. The van der Waals surface area contributed by atoms with Gasteiger partial charge in [-0.25, -0.2) is 8.78 Å². The van der Waals surface area contributed by atoms with Gasteiger partial charge >= 0.3 is 36.4 Å². The molecule has 0 aliphatic carbocycles. The summed E-state index contributed by atoms with van der Waals surface area (Å²) in [5, 5.41) is 0.784. The van der Waals surface area contributed by atoms with Crippen molar-refractivity contribution in [1.82, 2.24) is 0 Å². The van der Waals surface area contributed by atoms with Crippen LogP contribution >= 0.6 is 35.0 Å². The molecule has 1 nitrogen and oxygen atoms in total. The average molecular weight is 816 g/mol. The normalized spacial score (nSPS) is 13.0. The van der Waals surface area contributed by atoms with Crippen LogP contribution in [0.3, 0.4) is 0 Å². The van der Waals surface area contributed by atoms with E-state index < -0.39 is 30.4 Å². The molecule has 0 amide bonds. The molecule has 45 heavy (non-hydrogen) atoms. The topological polar surface area (TPSA) is 17.1 Å². The number of hydrogen-bond acceptors (Lipinski definition) is 2. The molecule has 0 radical (unpaired) electrons. The van der Waals surface area contributed by atoms with Crippen LogP contribution in [-0.2, 0) is 10.9 Å². The van der Waals surface area contributed by atoms with Crippen LogP contribution in [0.2, 0.25) is 10.0 Å². The predicted molar refractivity (Wildman–Crippen MR) is 164 cm³/mol. The number of rotatable bonds is 7. The molecule has 0 aliphatic rings. The standard InChI is InChI=1S/C31H19Cl2F2OS2.6FH.Sb/c32-28-18-21(30(36)20-4-2-1-3-5-20)19-29(33)31(28)37-24-10-16-27(17-11-24)38(25-12-6-22(34)7-13-25)26-14-8-23(35)9-15-26;;;;;;;/h1-19H;6*1H;/q+1;;;;;;;+5/p-6. The third-order valence-electron chi connectivity index (χ3n) is 5.67. The monoisotopic (exact) mass is 814 g/mol. The minimum atomic E-state index is -11.2. The summed E-state index contributed by atoms with van der Waals surface area (Å²) in [6.45, 7) is 0. The zero-order valence-corrected chi connectivity index (χ0v) is 28.1. The third kappa shape index (κ3) is 11.3. The molecule has 0 aliphatic heterocycles. The second-order valence-corrected chi connectivity index (χ2v) is 18.6. The van der Waals surface area contributed by atoms with E-state index in [1.54, 1.807) is 48.5 Å². The molecule has 0 unspecified atom stereocenters. The fourth-order valence-corrected chi connectivity index (χ4v) is 7.44. The summed E-state index contributed by atoms with van der Waals surface area (Å²) in [5.41, 5.74) is 0.988. The molecule has 5 rings (SSSR count). The van der Waals surface area contributed by atoms with Gasteiger partial charge in [0.25, 0.3) is 0 Å². The van der Waals surface area contributed by atoms with E-state index in [0.29, 0.717) is 26.1 Å². The molecule has 0 saturated heterocycles. The Morgan fingerprint density at radius 1 is 0.578 bits per heavy atom. The molecule has 0 heterocycles. The predicted octanol–water partition coefficient (Wildman–Crippen LogP) is 11.9. The summed E-state index contributed by atoms with van der Waals surface area (Å²) in [7, 11) is -0.554. The Morgan fingerprint density at radius 2 is 0.956 bits per heavy atom. The van der Waals surface area contributed by atoms with Crippen LogP contribution in [0.5, 0.6) is 0 Å². The van der Waals surface area contributed by atoms with Crippen molar-refractivity contribution in [2.24, 2.45) is 0 Å². The van der Waals surface area contributed by atoms with Crippen LogP contribution in [0.15, 0.2) is 140 Å². The number of benzene rings is 5. The van der Waals surface area contributed by atoms with E-state index in [-0.39, 0.29) is 17.4 Å². The fraction of sp³-hybridized carbons (Fsp3) is 0. The maximum atomic E-state index is 13.6. The Morgan fingerprint density at radius 3 is 1.36 bits per heavy atom. The van der Waals surface area contributed by atoms with Crippen molar-refractivity contribution < 1.29 is 30.5 Å². The fourth-order valence-electron chi connectivity index (χ4n) is 3.86. The van der Waals surface area contributed by atoms with Gasteiger partial charge in [0.15, 0.2) is 20.5 Å². The van der Waals surface area contributed by atoms with Gasteiger partial charge in [0.05, 0.1) is 20.9 Å². The van der Waals surface area contributed by atoms with Crippen LogP contribution in [0.4, 0.5) is 25.7 Å². The van der Waals surface area contributed by atoms with Crippen LogP contribution in [0.1, 0.15) is 15.9 Å². The average Bonchev–Trinajstić information content (AvgIpc) is 2.96. The van der Waals surface area contributed by atoms with E-state index >= 15 is 0 Å². The second kappa shape index (κ2) is 13.2. The minimum absolute atomic E-state index is 0.149. The van der Waals surface area contributed by atoms with E-state index in [1.165, 1.54) is 36.0 Å². The van der Waals surface area contributed by atoms with Gasteiger partial charge in [-0.05, 0) is 84.9 Å². The number of carbonyl (C=O) groups is 1. The van der Waals surface area contributed by atoms with Gasteiger partial charge in [-0.15, -0.1) is 0 Å². The Bertz CT molecular complexity index is 1730. The number of carbonyl (C=O) groups excluding carboxylic acids is 1. The van der Waals surface area contributed by atoms with Crippen molar-refractivity contribution in [3.8, 4) is 0 Å². The van der Waals surface area contributed by atoms with E-state index in [9.17, 15) is 30.5 Å². The molecule has 0 fully saturated rings. The molecule has 236 valence electrons. The van der Waals surface area contributed by atoms with Gasteiger partial charge in [-0.1, -0.05) is 65.3 Å². The zero-order valence-electron chi connectivity index (χ0n) is 22.4.